The lowest BCUT2D eigenvalue weighted by molar-refractivity contribution is 0.0708. The summed E-state index contributed by atoms with van der Waals surface area (Å²) in [6.07, 6.45) is 0.493. The Morgan fingerprint density at radius 3 is 2.64 bits per heavy atom. The first-order chi connectivity index (χ1) is 10.4. The molecule has 1 heterocycles. The number of nitrogens with zero attached hydrogens (tertiary/aromatic N) is 1. The van der Waals surface area contributed by atoms with Crippen LogP contribution in [0, 0.1) is 0 Å². The highest BCUT2D eigenvalue weighted by Crippen LogP contribution is 2.27. The van der Waals surface area contributed by atoms with Crippen LogP contribution in [0.2, 0.25) is 5.02 Å². The van der Waals surface area contributed by atoms with Crippen LogP contribution in [0.25, 0.3) is 0 Å². The molecule has 1 aliphatic heterocycles. The van der Waals surface area contributed by atoms with Crippen molar-refractivity contribution in [1.82, 2.24) is 4.90 Å². The highest BCUT2D eigenvalue weighted by Gasteiger charge is 2.34. The number of carbonyl (C=O) groups is 1. The van der Waals surface area contributed by atoms with Crippen molar-refractivity contribution < 1.29 is 17.9 Å². The molecule has 1 saturated heterocycles. The van der Waals surface area contributed by atoms with Crippen molar-refractivity contribution in [2.24, 2.45) is 0 Å². The quantitative estimate of drug-likeness (QED) is 0.822. The molecule has 1 aliphatic rings. The Morgan fingerprint density at radius 2 is 2.14 bits per heavy atom. The summed E-state index contributed by atoms with van der Waals surface area (Å²) >= 11 is 6.11. The number of sulfone groups is 1. The van der Waals surface area contributed by atoms with Crippen LogP contribution in [0.5, 0.6) is 5.75 Å². The average molecular weight is 346 g/mol. The van der Waals surface area contributed by atoms with Gasteiger partial charge in [-0.05, 0) is 38.5 Å². The summed E-state index contributed by atoms with van der Waals surface area (Å²) in [5.74, 6) is 0.518. The van der Waals surface area contributed by atoms with E-state index in [4.69, 9.17) is 16.3 Å². The highest BCUT2D eigenvalue weighted by molar-refractivity contribution is 7.91. The smallest absolute Gasteiger partial charge is 0.254 e. The zero-order valence-electron chi connectivity index (χ0n) is 12.7. The van der Waals surface area contributed by atoms with Gasteiger partial charge in [-0.15, -0.1) is 0 Å². The van der Waals surface area contributed by atoms with E-state index in [-0.39, 0.29) is 23.5 Å². The Hall–Kier alpha value is -1.27. The fraction of sp³-hybridized carbons (Fsp3) is 0.533. The molecule has 0 spiro atoms. The van der Waals surface area contributed by atoms with Gasteiger partial charge in [0.25, 0.3) is 5.91 Å². The predicted octanol–water partition coefficient (Wildman–Crippen LogP) is 2.39. The van der Waals surface area contributed by atoms with Gasteiger partial charge in [-0.3, -0.25) is 4.79 Å². The summed E-state index contributed by atoms with van der Waals surface area (Å²) in [6.45, 7) is 4.66. The number of rotatable bonds is 5. The molecule has 0 N–H and O–H groups in total. The van der Waals surface area contributed by atoms with Gasteiger partial charge in [0.2, 0.25) is 0 Å². The first-order valence-electron chi connectivity index (χ1n) is 7.31. The molecule has 1 fully saturated rings. The monoisotopic (exact) mass is 345 g/mol. The molecule has 0 bridgehead atoms. The molecule has 0 saturated carbocycles. The second kappa shape index (κ2) is 6.87. The largest absolute Gasteiger partial charge is 0.492 e. The van der Waals surface area contributed by atoms with Crippen LogP contribution in [0.1, 0.15) is 30.6 Å². The molecular weight excluding hydrogens is 326 g/mol. The molecule has 1 aromatic rings. The van der Waals surface area contributed by atoms with Crippen molar-refractivity contribution in [2.45, 2.75) is 26.3 Å². The van der Waals surface area contributed by atoms with Crippen LogP contribution in [0.4, 0.5) is 0 Å². The van der Waals surface area contributed by atoms with E-state index in [1.165, 1.54) is 0 Å². The highest BCUT2D eigenvalue weighted by atomic mass is 35.5. The van der Waals surface area contributed by atoms with Crippen LogP contribution >= 0.6 is 11.6 Å². The number of carbonyl (C=O) groups excluding carboxylic acids is 1. The van der Waals surface area contributed by atoms with Gasteiger partial charge in [-0.2, -0.15) is 0 Å². The number of ether oxygens (including phenoxy) is 1. The summed E-state index contributed by atoms with van der Waals surface area (Å²) in [7, 11) is -3.03. The van der Waals surface area contributed by atoms with E-state index in [0.717, 1.165) is 0 Å². The number of hydrogen-bond donors (Lipinski definition) is 0. The number of benzene rings is 1. The first kappa shape index (κ1) is 17.1. The SMILES string of the molecule is CCOc1ccc(C(=O)N(CC)C2CCS(=O)(=O)C2)cc1Cl. The Morgan fingerprint density at radius 1 is 1.41 bits per heavy atom. The molecule has 7 heteroatoms. The maximum atomic E-state index is 12.6. The standard InChI is InChI=1S/C15H20ClNO4S/c1-3-17(12-7-8-22(19,20)10-12)15(18)11-5-6-14(21-4-2)13(16)9-11/h5-6,9,12H,3-4,7-8,10H2,1-2H3. The van der Waals surface area contributed by atoms with Gasteiger partial charge in [0.05, 0.1) is 23.1 Å². The summed E-state index contributed by atoms with van der Waals surface area (Å²) in [6, 6.07) is 4.64. The summed E-state index contributed by atoms with van der Waals surface area (Å²) in [5.41, 5.74) is 0.444. The maximum absolute atomic E-state index is 12.6. The normalized spacial score (nSPS) is 19.9. The molecule has 1 atom stereocenters. The lowest BCUT2D eigenvalue weighted by atomic mass is 10.1. The van der Waals surface area contributed by atoms with E-state index >= 15 is 0 Å². The third-order valence-electron chi connectivity index (χ3n) is 3.73. The van der Waals surface area contributed by atoms with Crippen LogP contribution < -0.4 is 4.74 Å². The van der Waals surface area contributed by atoms with Crippen LogP contribution in [0.15, 0.2) is 18.2 Å². The molecule has 1 aromatic carbocycles. The van der Waals surface area contributed by atoms with E-state index in [9.17, 15) is 13.2 Å². The molecule has 5 nitrogen and oxygen atoms in total. The van der Waals surface area contributed by atoms with Gasteiger partial charge >= 0.3 is 0 Å². The lowest BCUT2D eigenvalue weighted by Crippen LogP contribution is -2.40. The Kier molecular flexibility index (Phi) is 5.34. The van der Waals surface area contributed by atoms with Gasteiger partial charge in [0.15, 0.2) is 9.84 Å². The first-order valence-corrected chi connectivity index (χ1v) is 9.51. The van der Waals surface area contributed by atoms with Gasteiger partial charge in [0.1, 0.15) is 5.75 Å². The number of halogens is 1. The molecule has 1 unspecified atom stereocenters. The third kappa shape index (κ3) is 3.73. The van der Waals surface area contributed by atoms with E-state index < -0.39 is 9.84 Å². The maximum Gasteiger partial charge on any atom is 0.254 e. The average Bonchev–Trinajstić information content (AvgIpc) is 2.82. The molecule has 2 rings (SSSR count). The number of amides is 1. The zero-order valence-corrected chi connectivity index (χ0v) is 14.3. The summed E-state index contributed by atoms with van der Waals surface area (Å²) < 4.78 is 28.6. The van der Waals surface area contributed by atoms with Crippen molar-refractivity contribution in [3.05, 3.63) is 28.8 Å². The van der Waals surface area contributed by atoms with Crippen molar-refractivity contribution in [1.29, 1.82) is 0 Å². The molecule has 22 heavy (non-hydrogen) atoms. The fourth-order valence-corrected chi connectivity index (χ4v) is 4.63. The van der Waals surface area contributed by atoms with E-state index in [1.807, 2.05) is 13.8 Å². The van der Waals surface area contributed by atoms with Crippen molar-refractivity contribution in [3.63, 3.8) is 0 Å². The molecule has 0 aliphatic carbocycles. The lowest BCUT2D eigenvalue weighted by Gasteiger charge is -2.27. The molecular formula is C15H20ClNO4S. The van der Waals surface area contributed by atoms with E-state index in [2.05, 4.69) is 0 Å². The molecule has 1 amide bonds. The molecule has 122 valence electrons. The molecule has 0 aromatic heterocycles. The Balaban J connectivity index is 2.20. The second-order valence-electron chi connectivity index (χ2n) is 5.23. The van der Waals surface area contributed by atoms with Gasteiger partial charge in [-0.1, -0.05) is 11.6 Å². The number of hydrogen-bond acceptors (Lipinski definition) is 4. The predicted molar refractivity (Wildman–Crippen MR) is 86.4 cm³/mol. The van der Waals surface area contributed by atoms with Gasteiger partial charge in [0, 0.05) is 18.2 Å². The van der Waals surface area contributed by atoms with Crippen molar-refractivity contribution in [2.75, 3.05) is 24.7 Å². The third-order valence-corrected chi connectivity index (χ3v) is 5.78. The fourth-order valence-electron chi connectivity index (χ4n) is 2.66. The Labute approximate surface area is 136 Å². The summed E-state index contributed by atoms with van der Waals surface area (Å²) in [4.78, 5) is 14.2. The topological polar surface area (TPSA) is 63.7 Å². The molecule has 0 radical (unpaired) electrons. The minimum absolute atomic E-state index is 0.0390. The second-order valence-corrected chi connectivity index (χ2v) is 7.86. The minimum atomic E-state index is -3.03. The van der Waals surface area contributed by atoms with Crippen molar-refractivity contribution in [3.8, 4) is 5.75 Å². The van der Waals surface area contributed by atoms with E-state index in [1.54, 1.807) is 23.1 Å². The van der Waals surface area contributed by atoms with Crippen LogP contribution in [-0.2, 0) is 9.84 Å². The zero-order chi connectivity index (χ0) is 16.3. The Bertz CT molecular complexity index is 660. The van der Waals surface area contributed by atoms with Gasteiger partial charge < -0.3 is 9.64 Å². The van der Waals surface area contributed by atoms with Crippen LogP contribution in [0.3, 0.4) is 0 Å². The summed E-state index contributed by atoms with van der Waals surface area (Å²) in [5, 5.41) is 0.378. The van der Waals surface area contributed by atoms with E-state index in [0.29, 0.717) is 35.9 Å². The minimum Gasteiger partial charge on any atom is -0.492 e. The van der Waals surface area contributed by atoms with Crippen molar-refractivity contribution >= 4 is 27.3 Å². The van der Waals surface area contributed by atoms with Gasteiger partial charge in [-0.25, -0.2) is 8.42 Å². The van der Waals surface area contributed by atoms with Crippen LogP contribution in [-0.4, -0.2) is 49.9 Å².